The number of aromatic nitrogens is 1. The molecule has 0 bridgehead atoms. The molecule has 0 radical (unpaired) electrons. The van der Waals surface area contributed by atoms with E-state index in [0.29, 0.717) is 0 Å². The minimum Gasteiger partial charge on any atom is -0.398 e. The lowest BCUT2D eigenvalue weighted by molar-refractivity contribution is 0.208. The van der Waals surface area contributed by atoms with E-state index in [4.69, 9.17) is 5.73 Å². The van der Waals surface area contributed by atoms with Crippen LogP contribution in [0.4, 0.5) is 5.69 Å². The molecule has 3 unspecified atom stereocenters. The second kappa shape index (κ2) is 4.86. The van der Waals surface area contributed by atoms with Gasteiger partial charge in [-0.3, -0.25) is 4.98 Å². The van der Waals surface area contributed by atoms with Crippen LogP contribution in [0, 0.1) is 17.8 Å². The molecule has 0 amide bonds. The first-order valence-electron chi connectivity index (χ1n) is 6.35. The van der Waals surface area contributed by atoms with Gasteiger partial charge in [0.05, 0.1) is 0 Å². The Morgan fingerprint density at radius 2 is 2.12 bits per heavy atom. The first-order chi connectivity index (χ1) is 7.66. The minimum absolute atomic E-state index is 0.803. The highest BCUT2D eigenvalue weighted by atomic mass is 14.7. The molecule has 88 valence electrons. The van der Waals surface area contributed by atoms with Crippen LogP contribution in [-0.2, 0) is 6.42 Å². The lowest BCUT2D eigenvalue weighted by Crippen LogP contribution is -2.22. The van der Waals surface area contributed by atoms with Gasteiger partial charge in [-0.25, -0.2) is 0 Å². The topological polar surface area (TPSA) is 38.9 Å². The number of nitrogens with zero attached hydrogens (tertiary/aromatic N) is 1. The van der Waals surface area contributed by atoms with E-state index in [1.165, 1.54) is 24.8 Å². The predicted octanol–water partition coefficient (Wildman–Crippen LogP) is 3.28. The lowest BCUT2D eigenvalue weighted by atomic mass is 9.74. The molecular formula is C14H22N2. The summed E-state index contributed by atoms with van der Waals surface area (Å²) in [4.78, 5) is 4.16. The SMILES string of the molecule is CC1CCC(Cc2cnccc2N)CC1C. The zero-order chi connectivity index (χ0) is 11.5. The fraction of sp³-hybridized carbons (Fsp3) is 0.643. The standard InChI is InChI=1S/C14H22N2/c1-10-3-4-12(7-11(10)2)8-13-9-16-6-5-14(13)15/h5-6,9-12H,3-4,7-8H2,1-2H3,(H2,15,16). The molecule has 2 nitrogen and oxygen atoms in total. The fourth-order valence-electron chi connectivity index (χ4n) is 2.76. The molecule has 2 N–H and O–H groups in total. The van der Waals surface area contributed by atoms with E-state index in [0.717, 1.165) is 29.9 Å². The van der Waals surface area contributed by atoms with Crippen molar-refractivity contribution in [3.8, 4) is 0 Å². The second-order valence-corrected chi connectivity index (χ2v) is 5.41. The van der Waals surface area contributed by atoms with Gasteiger partial charge < -0.3 is 5.73 Å². The molecular weight excluding hydrogens is 196 g/mol. The predicted molar refractivity (Wildman–Crippen MR) is 68.0 cm³/mol. The average Bonchev–Trinajstić information content (AvgIpc) is 2.27. The number of rotatable bonds is 2. The summed E-state index contributed by atoms with van der Waals surface area (Å²) in [6, 6.07) is 1.91. The Labute approximate surface area is 98.3 Å². The summed E-state index contributed by atoms with van der Waals surface area (Å²) in [7, 11) is 0. The number of hydrogen-bond donors (Lipinski definition) is 1. The quantitative estimate of drug-likeness (QED) is 0.827. The molecule has 1 heterocycles. The largest absolute Gasteiger partial charge is 0.398 e. The molecule has 1 fully saturated rings. The molecule has 2 rings (SSSR count). The normalized spacial score (nSPS) is 30.2. The fourth-order valence-corrected chi connectivity index (χ4v) is 2.76. The average molecular weight is 218 g/mol. The molecule has 0 spiro atoms. The van der Waals surface area contributed by atoms with Crippen molar-refractivity contribution in [3.05, 3.63) is 24.0 Å². The van der Waals surface area contributed by atoms with Gasteiger partial charge in [0, 0.05) is 18.1 Å². The highest BCUT2D eigenvalue weighted by molar-refractivity contribution is 5.44. The van der Waals surface area contributed by atoms with Crippen LogP contribution in [0.1, 0.15) is 38.7 Å². The number of hydrogen-bond acceptors (Lipinski definition) is 2. The maximum atomic E-state index is 5.96. The smallest absolute Gasteiger partial charge is 0.0377 e. The second-order valence-electron chi connectivity index (χ2n) is 5.41. The third-order valence-electron chi connectivity index (χ3n) is 4.16. The van der Waals surface area contributed by atoms with Crippen molar-refractivity contribution in [2.24, 2.45) is 17.8 Å². The third-order valence-corrected chi connectivity index (χ3v) is 4.16. The summed E-state index contributed by atoms with van der Waals surface area (Å²) >= 11 is 0. The van der Waals surface area contributed by atoms with E-state index in [2.05, 4.69) is 18.8 Å². The molecule has 1 aromatic rings. The van der Waals surface area contributed by atoms with Crippen molar-refractivity contribution in [1.82, 2.24) is 4.98 Å². The lowest BCUT2D eigenvalue weighted by Gasteiger charge is -2.32. The van der Waals surface area contributed by atoms with Crippen LogP contribution in [0.3, 0.4) is 0 Å². The summed E-state index contributed by atoms with van der Waals surface area (Å²) in [6.45, 7) is 4.75. The summed E-state index contributed by atoms with van der Waals surface area (Å²) in [6.07, 6.45) is 8.86. The van der Waals surface area contributed by atoms with Gasteiger partial charge in [-0.1, -0.05) is 20.3 Å². The van der Waals surface area contributed by atoms with Gasteiger partial charge >= 0.3 is 0 Å². The van der Waals surface area contributed by atoms with Crippen molar-refractivity contribution in [1.29, 1.82) is 0 Å². The Bertz CT molecular complexity index is 348. The van der Waals surface area contributed by atoms with Crippen molar-refractivity contribution in [3.63, 3.8) is 0 Å². The molecule has 1 aliphatic carbocycles. The molecule has 3 atom stereocenters. The maximum absolute atomic E-state index is 5.96. The molecule has 2 heteroatoms. The first-order valence-corrected chi connectivity index (χ1v) is 6.35. The molecule has 0 aliphatic heterocycles. The summed E-state index contributed by atoms with van der Waals surface area (Å²) < 4.78 is 0. The Morgan fingerprint density at radius 3 is 2.81 bits per heavy atom. The summed E-state index contributed by atoms with van der Waals surface area (Å²) in [5, 5.41) is 0. The molecule has 0 aromatic carbocycles. The van der Waals surface area contributed by atoms with Crippen LogP contribution in [0.25, 0.3) is 0 Å². The van der Waals surface area contributed by atoms with Gasteiger partial charge in [-0.15, -0.1) is 0 Å². The van der Waals surface area contributed by atoms with Crippen LogP contribution in [0.5, 0.6) is 0 Å². The third kappa shape index (κ3) is 2.55. The van der Waals surface area contributed by atoms with Crippen LogP contribution in [0.2, 0.25) is 0 Å². The minimum atomic E-state index is 0.803. The highest BCUT2D eigenvalue weighted by Crippen LogP contribution is 2.35. The molecule has 16 heavy (non-hydrogen) atoms. The first kappa shape index (κ1) is 11.4. The van der Waals surface area contributed by atoms with Crippen molar-refractivity contribution in [2.45, 2.75) is 39.5 Å². The van der Waals surface area contributed by atoms with Gasteiger partial charge in [-0.05, 0) is 48.6 Å². The van der Waals surface area contributed by atoms with Crippen molar-refractivity contribution in [2.75, 3.05) is 5.73 Å². The molecule has 1 aromatic heterocycles. The van der Waals surface area contributed by atoms with Gasteiger partial charge in [0.2, 0.25) is 0 Å². The van der Waals surface area contributed by atoms with Crippen LogP contribution >= 0.6 is 0 Å². The summed E-state index contributed by atoms with van der Waals surface area (Å²) in [5.41, 5.74) is 8.09. The zero-order valence-electron chi connectivity index (χ0n) is 10.3. The van der Waals surface area contributed by atoms with Crippen molar-refractivity contribution < 1.29 is 0 Å². The number of nitrogens with two attached hydrogens (primary N) is 1. The molecule has 1 saturated carbocycles. The van der Waals surface area contributed by atoms with Crippen LogP contribution in [0.15, 0.2) is 18.5 Å². The Kier molecular flexibility index (Phi) is 3.47. The van der Waals surface area contributed by atoms with Crippen molar-refractivity contribution >= 4 is 5.69 Å². The number of pyridine rings is 1. The van der Waals surface area contributed by atoms with Gasteiger partial charge in [-0.2, -0.15) is 0 Å². The Morgan fingerprint density at radius 1 is 1.31 bits per heavy atom. The Balaban J connectivity index is 1.98. The molecule has 0 saturated heterocycles. The monoisotopic (exact) mass is 218 g/mol. The van der Waals surface area contributed by atoms with E-state index in [9.17, 15) is 0 Å². The highest BCUT2D eigenvalue weighted by Gasteiger charge is 2.24. The van der Waals surface area contributed by atoms with E-state index >= 15 is 0 Å². The van der Waals surface area contributed by atoms with Gasteiger partial charge in [0.25, 0.3) is 0 Å². The Hall–Kier alpha value is -1.05. The van der Waals surface area contributed by atoms with Gasteiger partial charge in [0.1, 0.15) is 0 Å². The number of anilines is 1. The number of nitrogen functional groups attached to an aromatic ring is 1. The van der Waals surface area contributed by atoms with E-state index in [-0.39, 0.29) is 0 Å². The van der Waals surface area contributed by atoms with Crippen LogP contribution in [-0.4, -0.2) is 4.98 Å². The van der Waals surface area contributed by atoms with Crippen LogP contribution < -0.4 is 5.73 Å². The zero-order valence-corrected chi connectivity index (χ0v) is 10.3. The summed E-state index contributed by atoms with van der Waals surface area (Å²) in [5.74, 6) is 2.55. The van der Waals surface area contributed by atoms with E-state index in [1.807, 2.05) is 12.3 Å². The maximum Gasteiger partial charge on any atom is 0.0377 e. The van der Waals surface area contributed by atoms with E-state index in [1.54, 1.807) is 6.20 Å². The van der Waals surface area contributed by atoms with Gasteiger partial charge in [0.15, 0.2) is 0 Å². The van der Waals surface area contributed by atoms with E-state index < -0.39 is 0 Å². The molecule has 1 aliphatic rings.